The molecule has 1 aromatic heterocycles. The van der Waals surface area contributed by atoms with Gasteiger partial charge in [-0.1, -0.05) is 11.6 Å². The first-order chi connectivity index (χ1) is 10.2. The fourth-order valence-electron chi connectivity index (χ4n) is 1.55. The molecule has 22 heavy (non-hydrogen) atoms. The molecule has 0 saturated carbocycles. The van der Waals surface area contributed by atoms with Crippen LogP contribution in [0.4, 0.5) is 11.4 Å². The van der Waals surface area contributed by atoms with E-state index in [0.29, 0.717) is 0 Å². The number of halogens is 2. The van der Waals surface area contributed by atoms with Gasteiger partial charge in [0.05, 0.1) is 11.3 Å². The number of amides is 1. The average Bonchev–Trinajstić information content (AvgIpc) is 2.36. The van der Waals surface area contributed by atoms with E-state index >= 15 is 0 Å². The molecule has 0 bridgehead atoms. The van der Waals surface area contributed by atoms with Crippen molar-refractivity contribution in [2.75, 3.05) is 11.1 Å². The highest BCUT2D eigenvalue weighted by atomic mass is 35.5. The highest BCUT2D eigenvalue weighted by Crippen LogP contribution is 2.23. The number of nitrogens with two attached hydrogens (primary N) is 1. The van der Waals surface area contributed by atoms with Gasteiger partial charge in [0.15, 0.2) is 0 Å². The molecule has 0 radical (unpaired) electrons. The Morgan fingerprint density at radius 3 is 2.55 bits per heavy atom. The van der Waals surface area contributed by atoms with Gasteiger partial charge in [-0.2, -0.15) is 8.42 Å². The second-order valence-corrected chi connectivity index (χ2v) is 6.11. The zero-order chi connectivity index (χ0) is 16.5. The lowest BCUT2D eigenvalue weighted by molar-refractivity contribution is 0.102. The van der Waals surface area contributed by atoms with Gasteiger partial charge in [-0.3, -0.25) is 9.35 Å². The molecular formula is C11H8Cl2N4O4S. The zero-order valence-electron chi connectivity index (χ0n) is 10.6. The lowest BCUT2D eigenvalue weighted by atomic mass is 10.2. The van der Waals surface area contributed by atoms with Crippen LogP contribution in [0.1, 0.15) is 10.4 Å². The van der Waals surface area contributed by atoms with Crippen LogP contribution in [0.2, 0.25) is 10.4 Å². The number of anilines is 2. The second-order valence-electron chi connectivity index (χ2n) is 4.03. The van der Waals surface area contributed by atoms with Gasteiger partial charge in [-0.15, -0.1) is 0 Å². The Morgan fingerprint density at radius 1 is 1.32 bits per heavy atom. The first-order valence-corrected chi connectivity index (χ1v) is 7.74. The molecule has 0 aliphatic rings. The fraction of sp³-hybridized carbons (Fsp3) is 0. The minimum atomic E-state index is -4.44. The number of nitrogens with zero attached hydrogens (tertiary/aromatic N) is 2. The molecule has 0 aliphatic carbocycles. The summed E-state index contributed by atoms with van der Waals surface area (Å²) in [7, 11) is -4.44. The first-order valence-electron chi connectivity index (χ1n) is 5.55. The summed E-state index contributed by atoms with van der Waals surface area (Å²) in [5.74, 6) is -0.638. The van der Waals surface area contributed by atoms with E-state index in [1.54, 1.807) is 0 Å². The lowest BCUT2D eigenvalue weighted by Gasteiger charge is -2.08. The SMILES string of the molecule is Nc1cc(NC(=O)c2cnc(Cl)nc2Cl)ccc1S(=O)(=O)O. The van der Waals surface area contributed by atoms with Crippen LogP contribution in [0, 0.1) is 0 Å². The molecule has 2 rings (SSSR count). The van der Waals surface area contributed by atoms with E-state index in [1.165, 1.54) is 12.1 Å². The number of carbonyl (C=O) groups is 1. The van der Waals surface area contributed by atoms with Gasteiger partial charge in [0.25, 0.3) is 16.0 Å². The number of carbonyl (C=O) groups excluding carboxylic acids is 1. The second kappa shape index (κ2) is 6.05. The van der Waals surface area contributed by atoms with Crippen molar-refractivity contribution in [1.29, 1.82) is 0 Å². The zero-order valence-corrected chi connectivity index (χ0v) is 12.9. The van der Waals surface area contributed by atoms with Crippen LogP contribution < -0.4 is 11.1 Å². The third kappa shape index (κ3) is 3.63. The quantitative estimate of drug-likeness (QED) is 0.328. The Balaban J connectivity index is 2.28. The monoisotopic (exact) mass is 362 g/mol. The van der Waals surface area contributed by atoms with E-state index < -0.39 is 20.9 Å². The number of nitrogens with one attached hydrogen (secondary N) is 1. The van der Waals surface area contributed by atoms with Gasteiger partial charge in [-0.25, -0.2) is 9.97 Å². The summed E-state index contributed by atoms with van der Waals surface area (Å²) in [4.78, 5) is 18.8. The van der Waals surface area contributed by atoms with Crippen molar-refractivity contribution in [2.24, 2.45) is 0 Å². The highest BCUT2D eigenvalue weighted by molar-refractivity contribution is 7.86. The summed E-state index contributed by atoms with van der Waals surface area (Å²) in [5, 5.41) is 2.19. The van der Waals surface area contributed by atoms with E-state index in [0.717, 1.165) is 12.3 Å². The number of nitrogen functional groups attached to an aromatic ring is 1. The smallest absolute Gasteiger partial charge is 0.296 e. The van der Waals surface area contributed by atoms with Crippen LogP contribution in [0.15, 0.2) is 29.3 Å². The molecule has 11 heteroatoms. The fourth-order valence-corrected chi connectivity index (χ4v) is 2.54. The molecule has 1 heterocycles. The van der Waals surface area contributed by atoms with Crippen LogP contribution in [-0.2, 0) is 10.1 Å². The van der Waals surface area contributed by atoms with Crippen molar-refractivity contribution in [1.82, 2.24) is 9.97 Å². The molecule has 4 N–H and O–H groups in total. The van der Waals surface area contributed by atoms with Crippen molar-refractivity contribution >= 4 is 50.6 Å². The molecule has 0 spiro atoms. The van der Waals surface area contributed by atoms with Gasteiger partial charge >= 0.3 is 0 Å². The number of hydrogen-bond acceptors (Lipinski definition) is 6. The Labute approximate surface area is 135 Å². The van der Waals surface area contributed by atoms with Crippen molar-refractivity contribution in [3.05, 3.63) is 40.4 Å². The summed E-state index contributed by atoms with van der Waals surface area (Å²) in [6, 6.07) is 3.48. The Morgan fingerprint density at radius 2 is 2.00 bits per heavy atom. The van der Waals surface area contributed by atoms with Crippen LogP contribution in [0.3, 0.4) is 0 Å². The molecule has 0 atom stereocenters. The normalized spacial score (nSPS) is 11.2. The molecule has 0 unspecified atom stereocenters. The van der Waals surface area contributed by atoms with E-state index in [1.807, 2.05) is 0 Å². The molecule has 0 aliphatic heterocycles. The summed E-state index contributed by atoms with van der Waals surface area (Å²) >= 11 is 11.3. The van der Waals surface area contributed by atoms with Crippen LogP contribution in [0.25, 0.3) is 0 Å². The molecule has 116 valence electrons. The molecular weight excluding hydrogens is 355 g/mol. The van der Waals surface area contributed by atoms with Crippen molar-refractivity contribution in [2.45, 2.75) is 4.90 Å². The maximum Gasteiger partial charge on any atom is 0.296 e. The van der Waals surface area contributed by atoms with E-state index in [2.05, 4.69) is 15.3 Å². The first kappa shape index (κ1) is 16.4. The van der Waals surface area contributed by atoms with Crippen molar-refractivity contribution in [3.63, 3.8) is 0 Å². The molecule has 8 nitrogen and oxygen atoms in total. The third-order valence-electron chi connectivity index (χ3n) is 2.50. The average molecular weight is 363 g/mol. The summed E-state index contributed by atoms with van der Waals surface area (Å²) in [5.41, 5.74) is 5.46. The Hall–Kier alpha value is -1.94. The maximum absolute atomic E-state index is 12.0. The summed E-state index contributed by atoms with van der Waals surface area (Å²) in [6.45, 7) is 0. The van der Waals surface area contributed by atoms with Gasteiger partial charge in [0, 0.05) is 11.9 Å². The predicted molar refractivity (Wildman–Crippen MR) is 80.7 cm³/mol. The van der Waals surface area contributed by atoms with Crippen molar-refractivity contribution in [3.8, 4) is 0 Å². The van der Waals surface area contributed by atoms with E-state index in [-0.39, 0.29) is 27.4 Å². The summed E-state index contributed by atoms with van der Waals surface area (Å²) < 4.78 is 31.0. The number of rotatable bonds is 3. The molecule has 1 aromatic carbocycles. The molecule has 1 amide bonds. The predicted octanol–water partition coefficient (Wildman–Crippen LogP) is 1.86. The Bertz CT molecular complexity index is 857. The highest BCUT2D eigenvalue weighted by Gasteiger charge is 2.16. The minimum absolute atomic E-state index is 0.0245. The van der Waals surface area contributed by atoms with Crippen LogP contribution in [-0.4, -0.2) is 28.8 Å². The van der Waals surface area contributed by atoms with Crippen LogP contribution in [0.5, 0.6) is 0 Å². The molecule has 2 aromatic rings. The third-order valence-corrected chi connectivity index (χ3v) is 3.90. The minimum Gasteiger partial charge on any atom is -0.398 e. The van der Waals surface area contributed by atoms with E-state index in [4.69, 9.17) is 33.5 Å². The molecule has 0 saturated heterocycles. The van der Waals surface area contributed by atoms with Gasteiger partial charge < -0.3 is 11.1 Å². The van der Waals surface area contributed by atoms with Crippen molar-refractivity contribution < 1.29 is 17.8 Å². The number of aromatic nitrogens is 2. The van der Waals surface area contributed by atoms with Gasteiger partial charge in [0.2, 0.25) is 5.28 Å². The lowest BCUT2D eigenvalue weighted by Crippen LogP contribution is -2.14. The maximum atomic E-state index is 12.0. The number of hydrogen-bond donors (Lipinski definition) is 3. The summed E-state index contributed by atoms with van der Waals surface area (Å²) in [6.07, 6.45) is 1.14. The molecule has 0 fully saturated rings. The topological polar surface area (TPSA) is 135 Å². The van der Waals surface area contributed by atoms with E-state index in [9.17, 15) is 13.2 Å². The Kier molecular flexibility index (Phi) is 4.52. The van der Waals surface area contributed by atoms with Gasteiger partial charge in [-0.05, 0) is 29.8 Å². The largest absolute Gasteiger partial charge is 0.398 e. The standard InChI is InChI=1S/C11H8Cl2N4O4S/c12-9-6(4-15-11(13)17-9)10(18)16-5-1-2-8(7(14)3-5)22(19,20)21/h1-4H,14H2,(H,16,18)(H,19,20,21). The number of benzene rings is 1. The van der Waals surface area contributed by atoms with Crippen LogP contribution >= 0.6 is 23.2 Å². The van der Waals surface area contributed by atoms with Gasteiger partial charge in [0.1, 0.15) is 10.0 Å².